The maximum atomic E-state index is 12.0. The highest BCUT2D eigenvalue weighted by molar-refractivity contribution is 5.86. The SMILES string of the molecule is C=C(C)C(=O)OCCNC(=O)N(CCNC(=N)N)C(C)C. The Kier molecular flexibility index (Phi) is 8.59. The molecule has 8 heteroatoms. The largest absolute Gasteiger partial charge is 0.460 e. The van der Waals surface area contributed by atoms with Gasteiger partial charge in [-0.15, -0.1) is 0 Å². The third kappa shape index (κ3) is 8.51. The number of esters is 1. The zero-order valence-electron chi connectivity index (χ0n) is 12.9. The molecule has 0 aromatic heterocycles. The van der Waals surface area contributed by atoms with Crippen molar-refractivity contribution in [3.63, 3.8) is 0 Å². The zero-order valence-corrected chi connectivity index (χ0v) is 12.9. The van der Waals surface area contributed by atoms with Crippen molar-refractivity contribution in [2.75, 3.05) is 26.2 Å². The van der Waals surface area contributed by atoms with Gasteiger partial charge in [0.15, 0.2) is 5.96 Å². The second-order valence-corrected chi connectivity index (χ2v) is 4.78. The number of rotatable bonds is 8. The molecule has 0 rings (SSSR count). The van der Waals surface area contributed by atoms with Crippen molar-refractivity contribution in [3.05, 3.63) is 12.2 Å². The molecule has 0 unspecified atom stereocenters. The summed E-state index contributed by atoms with van der Waals surface area (Å²) in [6.45, 7) is 9.91. The number of carbonyl (C=O) groups excluding carboxylic acids is 2. The molecular formula is C13H25N5O3. The Hall–Kier alpha value is -2.25. The molecule has 0 spiro atoms. The molecule has 0 aromatic carbocycles. The molecule has 0 fully saturated rings. The van der Waals surface area contributed by atoms with Crippen molar-refractivity contribution in [2.45, 2.75) is 26.8 Å². The number of amides is 2. The number of hydrogen-bond acceptors (Lipinski definition) is 4. The van der Waals surface area contributed by atoms with Crippen molar-refractivity contribution in [1.29, 1.82) is 5.41 Å². The van der Waals surface area contributed by atoms with Crippen LogP contribution in [-0.2, 0) is 9.53 Å². The number of hydrogen-bond donors (Lipinski definition) is 4. The zero-order chi connectivity index (χ0) is 16.4. The smallest absolute Gasteiger partial charge is 0.333 e. The van der Waals surface area contributed by atoms with Crippen molar-refractivity contribution in [3.8, 4) is 0 Å². The first kappa shape index (κ1) is 18.8. The Bertz CT molecular complexity index is 395. The lowest BCUT2D eigenvalue weighted by Gasteiger charge is -2.27. The molecule has 0 aromatic rings. The first-order chi connectivity index (χ1) is 9.75. The monoisotopic (exact) mass is 299 g/mol. The first-order valence-electron chi connectivity index (χ1n) is 6.70. The molecule has 0 aliphatic heterocycles. The maximum Gasteiger partial charge on any atom is 0.333 e. The minimum atomic E-state index is -0.476. The van der Waals surface area contributed by atoms with E-state index in [0.717, 1.165) is 0 Å². The minimum Gasteiger partial charge on any atom is -0.460 e. The third-order valence-corrected chi connectivity index (χ3v) is 2.51. The van der Waals surface area contributed by atoms with Gasteiger partial charge in [-0.1, -0.05) is 6.58 Å². The Morgan fingerprint density at radius 1 is 1.33 bits per heavy atom. The number of nitrogens with zero attached hydrogens (tertiary/aromatic N) is 1. The van der Waals surface area contributed by atoms with Gasteiger partial charge in [-0.3, -0.25) is 5.41 Å². The summed E-state index contributed by atoms with van der Waals surface area (Å²) in [4.78, 5) is 24.7. The van der Waals surface area contributed by atoms with E-state index in [-0.39, 0.29) is 31.2 Å². The van der Waals surface area contributed by atoms with Crippen molar-refractivity contribution < 1.29 is 14.3 Å². The minimum absolute atomic E-state index is 0.00303. The first-order valence-corrected chi connectivity index (χ1v) is 6.70. The summed E-state index contributed by atoms with van der Waals surface area (Å²) < 4.78 is 4.88. The van der Waals surface area contributed by atoms with Gasteiger partial charge in [0.1, 0.15) is 6.61 Å². The van der Waals surface area contributed by atoms with Gasteiger partial charge in [-0.2, -0.15) is 0 Å². The molecule has 0 saturated heterocycles. The van der Waals surface area contributed by atoms with Crippen LogP contribution >= 0.6 is 0 Å². The molecular weight excluding hydrogens is 274 g/mol. The molecule has 0 atom stereocenters. The van der Waals surface area contributed by atoms with Crippen LogP contribution in [0.2, 0.25) is 0 Å². The van der Waals surface area contributed by atoms with E-state index < -0.39 is 5.97 Å². The van der Waals surface area contributed by atoms with E-state index in [1.165, 1.54) is 0 Å². The van der Waals surface area contributed by atoms with Crippen LogP contribution in [0.3, 0.4) is 0 Å². The number of carbonyl (C=O) groups is 2. The fourth-order valence-electron chi connectivity index (χ4n) is 1.43. The van der Waals surface area contributed by atoms with Crippen LogP contribution in [0.25, 0.3) is 0 Å². The normalized spacial score (nSPS) is 9.90. The highest BCUT2D eigenvalue weighted by atomic mass is 16.5. The van der Waals surface area contributed by atoms with Gasteiger partial charge in [0.05, 0.1) is 6.54 Å². The molecule has 21 heavy (non-hydrogen) atoms. The van der Waals surface area contributed by atoms with Gasteiger partial charge >= 0.3 is 12.0 Å². The Balaban J connectivity index is 4.09. The standard InChI is InChI=1S/C13H25N5O3/c1-9(2)11(19)21-8-6-17-13(20)18(10(3)4)7-5-16-12(14)15/h10H,1,5-8H2,2-4H3,(H,17,20)(H4,14,15,16). The Morgan fingerprint density at radius 2 is 1.95 bits per heavy atom. The summed E-state index contributed by atoms with van der Waals surface area (Å²) in [5.74, 6) is -0.610. The quantitative estimate of drug-likeness (QED) is 0.165. The summed E-state index contributed by atoms with van der Waals surface area (Å²) >= 11 is 0. The van der Waals surface area contributed by atoms with Crippen LogP contribution in [0.5, 0.6) is 0 Å². The molecule has 0 saturated carbocycles. The van der Waals surface area contributed by atoms with Crippen molar-refractivity contribution >= 4 is 18.0 Å². The van der Waals surface area contributed by atoms with E-state index in [0.29, 0.717) is 18.7 Å². The second kappa shape index (κ2) is 9.62. The van der Waals surface area contributed by atoms with Crippen molar-refractivity contribution in [2.24, 2.45) is 5.73 Å². The van der Waals surface area contributed by atoms with Crippen LogP contribution in [0.15, 0.2) is 12.2 Å². The van der Waals surface area contributed by atoms with E-state index in [1.54, 1.807) is 11.8 Å². The van der Waals surface area contributed by atoms with Gasteiger partial charge in [0.2, 0.25) is 0 Å². The van der Waals surface area contributed by atoms with Crippen LogP contribution in [0.4, 0.5) is 4.79 Å². The molecule has 2 amide bonds. The van der Waals surface area contributed by atoms with Crippen LogP contribution in [-0.4, -0.2) is 55.1 Å². The summed E-state index contributed by atoms with van der Waals surface area (Å²) in [6, 6.07) is -0.265. The molecule has 5 N–H and O–H groups in total. The van der Waals surface area contributed by atoms with E-state index in [2.05, 4.69) is 17.2 Å². The van der Waals surface area contributed by atoms with Gasteiger partial charge in [-0.25, -0.2) is 9.59 Å². The second-order valence-electron chi connectivity index (χ2n) is 4.78. The van der Waals surface area contributed by atoms with E-state index in [4.69, 9.17) is 15.9 Å². The predicted octanol–water partition coefficient (Wildman–Crippen LogP) is 0.00877. The van der Waals surface area contributed by atoms with Crippen LogP contribution in [0, 0.1) is 5.41 Å². The van der Waals surface area contributed by atoms with E-state index in [9.17, 15) is 9.59 Å². The number of nitrogens with two attached hydrogens (primary N) is 1. The van der Waals surface area contributed by atoms with Gasteiger partial charge in [0, 0.05) is 24.7 Å². The van der Waals surface area contributed by atoms with E-state index >= 15 is 0 Å². The Labute approximate surface area is 125 Å². The number of urea groups is 1. The highest BCUT2D eigenvalue weighted by Gasteiger charge is 2.16. The van der Waals surface area contributed by atoms with Crippen molar-refractivity contribution in [1.82, 2.24) is 15.5 Å². The molecule has 120 valence electrons. The third-order valence-electron chi connectivity index (χ3n) is 2.51. The molecule has 0 aliphatic rings. The lowest BCUT2D eigenvalue weighted by Crippen LogP contribution is -2.48. The summed E-state index contributed by atoms with van der Waals surface area (Å²) in [7, 11) is 0. The lowest BCUT2D eigenvalue weighted by molar-refractivity contribution is -0.138. The predicted molar refractivity (Wildman–Crippen MR) is 80.9 cm³/mol. The Morgan fingerprint density at radius 3 is 2.43 bits per heavy atom. The molecule has 0 bridgehead atoms. The molecule has 0 aliphatic carbocycles. The number of ether oxygens (including phenoxy) is 1. The fraction of sp³-hybridized carbons (Fsp3) is 0.615. The maximum absolute atomic E-state index is 12.0. The van der Waals surface area contributed by atoms with Gasteiger partial charge in [0.25, 0.3) is 0 Å². The summed E-state index contributed by atoms with van der Waals surface area (Å²) in [6.07, 6.45) is 0. The van der Waals surface area contributed by atoms with Gasteiger partial charge in [-0.05, 0) is 20.8 Å². The number of guanidine groups is 1. The van der Waals surface area contributed by atoms with Crippen LogP contribution < -0.4 is 16.4 Å². The van der Waals surface area contributed by atoms with Crippen LogP contribution in [0.1, 0.15) is 20.8 Å². The number of nitrogens with one attached hydrogen (secondary N) is 3. The van der Waals surface area contributed by atoms with E-state index in [1.807, 2.05) is 13.8 Å². The average molecular weight is 299 g/mol. The van der Waals surface area contributed by atoms with Gasteiger partial charge < -0.3 is 26.0 Å². The fourth-order valence-corrected chi connectivity index (χ4v) is 1.43. The lowest BCUT2D eigenvalue weighted by atomic mass is 10.3. The molecule has 0 radical (unpaired) electrons. The average Bonchev–Trinajstić information content (AvgIpc) is 2.38. The summed E-state index contributed by atoms with van der Waals surface area (Å²) in [5, 5.41) is 12.4. The topological polar surface area (TPSA) is 121 Å². The highest BCUT2D eigenvalue weighted by Crippen LogP contribution is 1.98. The summed E-state index contributed by atoms with van der Waals surface area (Å²) in [5.41, 5.74) is 5.50. The molecule has 8 nitrogen and oxygen atoms in total. The molecule has 0 heterocycles.